The number of anilines is 9. The van der Waals surface area contributed by atoms with E-state index >= 15 is 0 Å². The number of furan rings is 1. The first-order chi connectivity index (χ1) is 58.5. The average molecular weight is 1510 g/mol. The van der Waals surface area contributed by atoms with Crippen molar-refractivity contribution in [2.45, 2.75) is 0 Å². The molecule has 0 aliphatic carbocycles. The molecule has 552 valence electrons. The first-order valence-corrected chi connectivity index (χ1v) is 40.4. The Bertz CT molecular complexity index is 7580. The molecular weight excluding hydrogens is 1440 g/mol. The van der Waals surface area contributed by atoms with Gasteiger partial charge in [0.2, 0.25) is 0 Å². The minimum Gasteiger partial charge on any atom is -0.456 e. The van der Waals surface area contributed by atoms with Gasteiger partial charge < -0.3 is 37.4 Å². The number of hydrogen-bond acceptors (Lipinski definition) is 4. The molecule has 5 aromatic heterocycles. The summed E-state index contributed by atoms with van der Waals surface area (Å²) in [4.78, 5) is 7.19. The fourth-order valence-electron chi connectivity index (χ4n) is 19.1. The molecule has 0 aliphatic rings. The highest BCUT2D eigenvalue weighted by Crippen LogP contribution is 2.51. The zero-order chi connectivity index (χ0) is 77.5. The van der Waals surface area contributed by atoms with E-state index in [-0.39, 0.29) is 0 Å². The Morgan fingerprint density at radius 3 is 0.763 bits per heavy atom. The Balaban J connectivity index is 0.721. The lowest BCUT2D eigenvalue weighted by molar-refractivity contribution is 0.631. The Morgan fingerprint density at radius 1 is 0.169 bits per heavy atom. The third kappa shape index (κ3) is 10.6. The summed E-state index contributed by atoms with van der Waals surface area (Å²) in [6, 6.07) is 158. The lowest BCUT2D eigenvalue weighted by Gasteiger charge is -2.26. The van der Waals surface area contributed by atoms with E-state index in [1.165, 1.54) is 53.9 Å². The predicted octanol–water partition coefficient (Wildman–Crippen LogP) is 30.4. The molecule has 0 aliphatic heterocycles. The van der Waals surface area contributed by atoms with Crippen molar-refractivity contribution in [2.24, 2.45) is 0 Å². The molecule has 0 N–H and O–H groups in total. The topological polar surface area (TPSA) is 42.6 Å². The molecule has 5 heterocycles. The molecule has 118 heavy (non-hydrogen) atoms. The largest absolute Gasteiger partial charge is 0.456 e. The molecule has 24 rings (SSSR count). The molecule has 8 nitrogen and oxygen atoms in total. The minimum atomic E-state index is 0.845. The third-order valence-electron chi connectivity index (χ3n) is 24.2. The second-order valence-electron chi connectivity index (χ2n) is 30.8. The van der Waals surface area contributed by atoms with Crippen molar-refractivity contribution in [3.63, 3.8) is 0 Å². The van der Waals surface area contributed by atoms with Crippen molar-refractivity contribution < 1.29 is 4.42 Å². The smallest absolute Gasteiger partial charge is 0.135 e. The summed E-state index contributed by atoms with van der Waals surface area (Å²) in [5.41, 5.74) is 24.9. The number of rotatable bonds is 14. The first kappa shape index (κ1) is 66.7. The van der Waals surface area contributed by atoms with Crippen LogP contribution in [-0.2, 0) is 0 Å². The van der Waals surface area contributed by atoms with Crippen LogP contribution in [0.3, 0.4) is 0 Å². The molecule has 0 spiro atoms. The zero-order valence-electron chi connectivity index (χ0n) is 64.0. The van der Waals surface area contributed by atoms with Crippen LogP contribution < -0.4 is 14.7 Å². The maximum absolute atomic E-state index is 6.49. The summed E-state index contributed by atoms with van der Waals surface area (Å²) < 4.78 is 16.4. The van der Waals surface area contributed by atoms with Crippen LogP contribution in [0, 0.1) is 0 Å². The van der Waals surface area contributed by atoms with Crippen LogP contribution in [-0.4, -0.2) is 18.3 Å². The fraction of sp³-hybridized carbons (Fsp3) is 0. The van der Waals surface area contributed by atoms with E-state index in [1.54, 1.807) is 0 Å². The second-order valence-corrected chi connectivity index (χ2v) is 30.8. The molecule has 0 saturated heterocycles. The Hall–Kier alpha value is -15.9. The van der Waals surface area contributed by atoms with Crippen LogP contribution in [0.5, 0.6) is 0 Å². The second kappa shape index (κ2) is 26.9. The first-order valence-electron chi connectivity index (χ1n) is 40.4. The molecule has 24 aromatic rings. The maximum Gasteiger partial charge on any atom is 0.135 e. The van der Waals surface area contributed by atoms with Crippen molar-refractivity contribution >= 4 is 182 Å². The van der Waals surface area contributed by atoms with Crippen LogP contribution in [0.1, 0.15) is 0 Å². The molecule has 0 fully saturated rings. The number of fused-ring (bicyclic) bond motifs is 20. The SMILES string of the molecule is c1ccc(N(c2ccccc2)c2ccc3c4c5ccc6c(c5ccc4n(-c4ccccc4)c3c2)c2ccc(N(c3ccc4cc(-c5cc7ccccc7o5)ccc4c3)c3ccc4c5c7ccc8c(c7ccc5n(-c5ccccc5)c4c3)c3ccc(N(c4ccccc4)c4ccccc4)cc3n8-c3ccccc3)cc2n6-c2ccccc2)cc1. The summed E-state index contributed by atoms with van der Waals surface area (Å²) in [5, 5.41) is 17.6. The molecule has 0 amide bonds. The monoisotopic (exact) mass is 1510 g/mol. The molecule has 0 saturated carbocycles. The van der Waals surface area contributed by atoms with Gasteiger partial charge in [-0.1, -0.05) is 231 Å². The Labute approximate surface area is 679 Å². The van der Waals surface area contributed by atoms with Crippen LogP contribution in [0.15, 0.2) is 435 Å². The van der Waals surface area contributed by atoms with Gasteiger partial charge in [0.25, 0.3) is 0 Å². The molecule has 0 bridgehead atoms. The van der Waals surface area contributed by atoms with E-state index < -0.39 is 0 Å². The number of para-hydroxylation sites is 9. The van der Waals surface area contributed by atoms with Gasteiger partial charge in [0.15, 0.2) is 0 Å². The highest BCUT2D eigenvalue weighted by atomic mass is 16.3. The van der Waals surface area contributed by atoms with E-state index in [1.807, 2.05) is 12.1 Å². The highest BCUT2D eigenvalue weighted by molar-refractivity contribution is 6.32. The lowest BCUT2D eigenvalue weighted by Crippen LogP contribution is -2.10. The predicted molar refractivity (Wildman–Crippen MR) is 496 cm³/mol. The van der Waals surface area contributed by atoms with Gasteiger partial charge >= 0.3 is 0 Å². The fourth-order valence-corrected chi connectivity index (χ4v) is 19.1. The molecule has 0 atom stereocenters. The number of aromatic nitrogens is 4. The standard InChI is InChI=1S/C110H71N7O/c1-9-28-76(29-10-1)111(77-30-11-2-12-31-77)85-49-53-93-101(68-85)114(80-36-17-5-18-37-80)97-61-57-91-89(107(93)97)59-63-99-109(91)95-55-51-87(70-103(95)116(99)82-40-21-7-22-41-82)113(84-48-47-72-65-75(46-45-73(72)66-84)106-67-74-27-25-26-44-105(74)118-106)88-52-56-96-104(71-88)117(83-42-23-8-24-43-83)100-64-60-90-92(110(96)100)58-62-98-108(90)94-54-50-86(69-102(94)115(98)81-38-19-6-20-39-81)112(78-32-13-3-14-33-78)79-34-15-4-16-35-79/h1-71H. The van der Waals surface area contributed by atoms with Crippen molar-refractivity contribution in [1.82, 2.24) is 18.3 Å². The number of nitrogens with zero attached hydrogens (tertiary/aromatic N) is 7. The molecule has 19 aromatic carbocycles. The van der Waals surface area contributed by atoms with Crippen LogP contribution in [0.25, 0.3) is 165 Å². The van der Waals surface area contributed by atoms with Gasteiger partial charge in [0.05, 0.1) is 44.1 Å². The van der Waals surface area contributed by atoms with Gasteiger partial charge in [0.1, 0.15) is 11.3 Å². The number of benzene rings is 19. The molecule has 8 heteroatoms. The van der Waals surface area contributed by atoms with Crippen LogP contribution in [0.2, 0.25) is 0 Å². The van der Waals surface area contributed by atoms with E-state index in [2.05, 4.69) is 452 Å². The summed E-state index contributed by atoms with van der Waals surface area (Å²) in [5.74, 6) is 0.845. The zero-order valence-corrected chi connectivity index (χ0v) is 64.0. The minimum absolute atomic E-state index is 0.845. The summed E-state index contributed by atoms with van der Waals surface area (Å²) in [6.45, 7) is 0. The molecule has 0 radical (unpaired) electrons. The van der Waals surface area contributed by atoms with Gasteiger partial charge in [-0.05, 0) is 233 Å². The molecular formula is C110H71N7O. The van der Waals surface area contributed by atoms with Crippen molar-refractivity contribution in [3.05, 3.63) is 431 Å². The van der Waals surface area contributed by atoms with Gasteiger partial charge in [-0.25, -0.2) is 0 Å². The number of hydrogen-bond donors (Lipinski definition) is 0. The van der Waals surface area contributed by atoms with Gasteiger partial charge in [-0.15, -0.1) is 0 Å². The van der Waals surface area contributed by atoms with E-state index in [0.717, 1.165) is 162 Å². The normalized spacial score (nSPS) is 11.9. The van der Waals surface area contributed by atoms with Crippen molar-refractivity contribution in [3.8, 4) is 34.1 Å². The Morgan fingerprint density at radius 2 is 0.432 bits per heavy atom. The van der Waals surface area contributed by atoms with Crippen LogP contribution in [0.4, 0.5) is 51.2 Å². The van der Waals surface area contributed by atoms with Gasteiger partial charge in [0, 0.05) is 128 Å². The van der Waals surface area contributed by atoms with Crippen molar-refractivity contribution in [2.75, 3.05) is 14.7 Å². The van der Waals surface area contributed by atoms with Gasteiger partial charge in [-0.3, -0.25) is 0 Å². The molecule has 0 unspecified atom stereocenters. The van der Waals surface area contributed by atoms with Crippen LogP contribution >= 0.6 is 0 Å². The summed E-state index contributed by atoms with van der Waals surface area (Å²) >= 11 is 0. The highest BCUT2D eigenvalue weighted by Gasteiger charge is 2.28. The van der Waals surface area contributed by atoms with Gasteiger partial charge in [-0.2, -0.15) is 0 Å². The summed E-state index contributed by atoms with van der Waals surface area (Å²) in [7, 11) is 0. The maximum atomic E-state index is 6.49. The average Bonchev–Trinajstić information content (AvgIpc) is 1.55. The van der Waals surface area contributed by atoms with E-state index in [0.29, 0.717) is 0 Å². The Kier molecular flexibility index (Phi) is 15.2. The quantitative estimate of drug-likeness (QED) is 0.109. The summed E-state index contributed by atoms with van der Waals surface area (Å²) in [6.07, 6.45) is 0. The van der Waals surface area contributed by atoms with E-state index in [4.69, 9.17) is 4.42 Å². The van der Waals surface area contributed by atoms with E-state index in [9.17, 15) is 0 Å². The third-order valence-corrected chi connectivity index (χ3v) is 24.2. The van der Waals surface area contributed by atoms with Crippen molar-refractivity contribution in [1.29, 1.82) is 0 Å². The lowest BCUT2D eigenvalue weighted by atomic mass is 9.99.